The third-order valence-corrected chi connectivity index (χ3v) is 6.95. The fourth-order valence-corrected chi connectivity index (χ4v) is 4.66. The number of hydrogen-bond acceptors (Lipinski definition) is 15. The van der Waals surface area contributed by atoms with E-state index in [1.807, 2.05) is 0 Å². The number of Topliss-reactive ketones (excluding diaryl/α,β-unsaturated/α-hetero) is 1. The van der Waals surface area contributed by atoms with E-state index in [2.05, 4.69) is 0 Å². The van der Waals surface area contributed by atoms with Gasteiger partial charge in [0.25, 0.3) is 0 Å². The number of rotatable bonds is 6. The molecule has 9 N–H and O–H groups in total. The molecule has 3 aromatic carbocycles. The first-order valence-electron chi connectivity index (χ1n) is 12.7. The Balaban J connectivity index is 1.31. The summed E-state index contributed by atoms with van der Waals surface area (Å²) in [6.07, 6.45) is -9.67. The SMILES string of the molecule is O=C(OC[C@H]1O[C@@H](Oc2cc(O)c3c(c2)O[C@H](c2ccc(O)c(O)c2)CC3=O)[C@H](O)[C@@H](O)[C@@H]1O)c1cc(O)c(O)c(O)c1. The van der Waals surface area contributed by atoms with Gasteiger partial charge in [0, 0.05) is 12.1 Å². The molecule has 0 amide bonds. The second kappa shape index (κ2) is 11.4. The van der Waals surface area contributed by atoms with Crippen molar-refractivity contribution < 1.29 is 74.5 Å². The zero-order chi connectivity index (χ0) is 31.2. The maximum absolute atomic E-state index is 12.8. The van der Waals surface area contributed by atoms with Gasteiger partial charge in [0.05, 0.1) is 12.0 Å². The van der Waals surface area contributed by atoms with Gasteiger partial charge in [0.2, 0.25) is 6.29 Å². The van der Waals surface area contributed by atoms with Gasteiger partial charge in [-0.05, 0) is 29.8 Å². The van der Waals surface area contributed by atoms with Crippen molar-refractivity contribution in [2.45, 2.75) is 43.2 Å². The molecule has 228 valence electrons. The van der Waals surface area contributed by atoms with E-state index < -0.39 is 83.9 Å². The summed E-state index contributed by atoms with van der Waals surface area (Å²) in [6, 6.07) is 7.78. The summed E-state index contributed by atoms with van der Waals surface area (Å²) in [7, 11) is 0. The lowest BCUT2D eigenvalue weighted by Crippen LogP contribution is -2.60. The van der Waals surface area contributed by atoms with E-state index in [0.29, 0.717) is 5.56 Å². The molecule has 0 bridgehead atoms. The van der Waals surface area contributed by atoms with E-state index in [1.165, 1.54) is 24.3 Å². The molecule has 5 rings (SSSR count). The van der Waals surface area contributed by atoms with Crippen molar-refractivity contribution in [1.29, 1.82) is 0 Å². The lowest BCUT2D eigenvalue weighted by atomic mass is 9.95. The van der Waals surface area contributed by atoms with Crippen LogP contribution in [0, 0.1) is 0 Å². The number of phenolic OH excluding ortho intramolecular Hbond substituents is 6. The van der Waals surface area contributed by atoms with Gasteiger partial charge in [-0.2, -0.15) is 0 Å². The van der Waals surface area contributed by atoms with E-state index in [4.69, 9.17) is 18.9 Å². The van der Waals surface area contributed by atoms with Gasteiger partial charge in [-0.15, -0.1) is 0 Å². The second-order valence-corrected chi connectivity index (χ2v) is 9.89. The highest BCUT2D eigenvalue weighted by Crippen LogP contribution is 2.43. The van der Waals surface area contributed by atoms with Crippen molar-refractivity contribution in [3.05, 3.63) is 59.2 Å². The van der Waals surface area contributed by atoms with E-state index >= 15 is 0 Å². The molecule has 0 radical (unpaired) electrons. The molecule has 2 heterocycles. The fraction of sp³-hybridized carbons (Fsp3) is 0.286. The highest BCUT2D eigenvalue weighted by Gasteiger charge is 2.46. The van der Waals surface area contributed by atoms with E-state index in [1.54, 1.807) is 0 Å². The molecule has 15 nitrogen and oxygen atoms in total. The zero-order valence-electron chi connectivity index (χ0n) is 21.9. The number of ether oxygens (including phenoxy) is 4. The number of esters is 1. The lowest BCUT2D eigenvalue weighted by molar-refractivity contribution is -0.277. The Hall–Kier alpha value is -4.96. The van der Waals surface area contributed by atoms with Crippen molar-refractivity contribution in [2.24, 2.45) is 0 Å². The number of benzene rings is 3. The van der Waals surface area contributed by atoms with Gasteiger partial charge < -0.3 is 64.9 Å². The van der Waals surface area contributed by atoms with E-state index in [9.17, 15) is 55.5 Å². The number of aliphatic hydroxyl groups is 3. The first-order chi connectivity index (χ1) is 20.3. The number of carbonyl (C=O) groups excluding carboxylic acids is 2. The number of aliphatic hydroxyl groups excluding tert-OH is 3. The van der Waals surface area contributed by atoms with Crippen LogP contribution in [0.4, 0.5) is 0 Å². The zero-order valence-corrected chi connectivity index (χ0v) is 21.9. The minimum atomic E-state index is -1.85. The fourth-order valence-electron chi connectivity index (χ4n) is 4.66. The van der Waals surface area contributed by atoms with Gasteiger partial charge >= 0.3 is 5.97 Å². The molecule has 43 heavy (non-hydrogen) atoms. The quantitative estimate of drug-likeness (QED) is 0.139. The van der Waals surface area contributed by atoms with Gasteiger partial charge in [0.1, 0.15) is 59.9 Å². The van der Waals surface area contributed by atoms with Crippen molar-refractivity contribution >= 4 is 11.8 Å². The summed E-state index contributed by atoms with van der Waals surface area (Å²) in [5, 5.41) is 89.8. The maximum atomic E-state index is 12.8. The molecule has 0 saturated carbocycles. The van der Waals surface area contributed by atoms with Crippen LogP contribution in [0.15, 0.2) is 42.5 Å². The Morgan fingerprint density at radius 1 is 0.814 bits per heavy atom. The normalized spacial score (nSPS) is 25.0. The second-order valence-electron chi connectivity index (χ2n) is 9.89. The number of hydrogen-bond donors (Lipinski definition) is 9. The molecule has 1 fully saturated rings. The highest BCUT2D eigenvalue weighted by atomic mass is 16.7. The van der Waals surface area contributed by atoms with Crippen LogP contribution in [0.1, 0.15) is 38.8 Å². The van der Waals surface area contributed by atoms with Gasteiger partial charge in [-0.25, -0.2) is 4.79 Å². The van der Waals surface area contributed by atoms with Crippen LogP contribution >= 0.6 is 0 Å². The smallest absolute Gasteiger partial charge is 0.338 e. The van der Waals surface area contributed by atoms with Crippen LogP contribution in [-0.2, 0) is 9.47 Å². The molecule has 0 aliphatic carbocycles. The number of fused-ring (bicyclic) bond motifs is 1. The maximum Gasteiger partial charge on any atom is 0.338 e. The first kappa shape index (κ1) is 29.5. The minimum absolute atomic E-state index is 0.111. The van der Waals surface area contributed by atoms with Crippen LogP contribution in [0.25, 0.3) is 0 Å². The molecule has 6 atom stereocenters. The number of carbonyl (C=O) groups is 2. The molecule has 0 unspecified atom stereocenters. The largest absolute Gasteiger partial charge is 0.507 e. The summed E-state index contributed by atoms with van der Waals surface area (Å²) >= 11 is 0. The van der Waals surface area contributed by atoms with Crippen LogP contribution in [0.2, 0.25) is 0 Å². The van der Waals surface area contributed by atoms with Crippen molar-refractivity contribution in [2.75, 3.05) is 6.61 Å². The molecular formula is C28H26O15. The summed E-state index contributed by atoms with van der Waals surface area (Å²) in [5.74, 6) is -5.65. The van der Waals surface area contributed by atoms with Crippen LogP contribution < -0.4 is 9.47 Å². The highest BCUT2D eigenvalue weighted by molar-refractivity contribution is 6.02. The van der Waals surface area contributed by atoms with Crippen molar-refractivity contribution in [3.63, 3.8) is 0 Å². The Morgan fingerprint density at radius 2 is 1.51 bits per heavy atom. The van der Waals surface area contributed by atoms with Gasteiger partial charge in [-0.3, -0.25) is 4.79 Å². The molecule has 0 spiro atoms. The monoisotopic (exact) mass is 602 g/mol. The summed E-state index contributed by atoms with van der Waals surface area (Å²) < 4.78 is 22.0. The van der Waals surface area contributed by atoms with Crippen LogP contribution in [0.5, 0.6) is 46.0 Å². The predicted molar refractivity (Wildman–Crippen MR) is 139 cm³/mol. The topological polar surface area (TPSA) is 253 Å². The van der Waals surface area contributed by atoms with E-state index in [-0.39, 0.29) is 34.8 Å². The first-order valence-corrected chi connectivity index (χ1v) is 12.7. The Kier molecular flexibility index (Phi) is 7.81. The Morgan fingerprint density at radius 3 is 2.19 bits per heavy atom. The predicted octanol–water partition coefficient (Wildman–Crippen LogP) is 0.670. The summed E-state index contributed by atoms with van der Waals surface area (Å²) in [4.78, 5) is 25.2. The molecule has 0 aromatic heterocycles. The minimum Gasteiger partial charge on any atom is -0.507 e. The van der Waals surface area contributed by atoms with E-state index in [0.717, 1.165) is 18.2 Å². The summed E-state index contributed by atoms with van der Waals surface area (Å²) in [6.45, 7) is -0.694. The third-order valence-electron chi connectivity index (χ3n) is 6.95. The number of phenols is 6. The lowest BCUT2D eigenvalue weighted by Gasteiger charge is -2.40. The van der Waals surface area contributed by atoms with Gasteiger partial charge in [-0.1, -0.05) is 6.07 Å². The molecule has 1 saturated heterocycles. The Labute approximate surface area is 241 Å². The average molecular weight is 603 g/mol. The molecule has 15 heteroatoms. The molecule has 2 aliphatic rings. The van der Waals surface area contributed by atoms with Crippen LogP contribution in [0.3, 0.4) is 0 Å². The van der Waals surface area contributed by atoms with Crippen molar-refractivity contribution in [3.8, 4) is 46.0 Å². The number of aromatic hydroxyl groups is 6. The van der Waals surface area contributed by atoms with Crippen molar-refractivity contribution in [1.82, 2.24) is 0 Å². The standard InChI is InChI=1S/C28H26O15/c29-13-2-1-10(3-14(13)30)19-8-16(32)22-15(31)6-12(7-20(22)42-19)41-28-26(38)25(37)24(36)21(43-28)9-40-27(39)11-4-17(33)23(35)18(34)5-11/h1-7,19,21,24-26,28-31,33-38H,8-9H2/t19-,21+,24+,25-,26+,28+/m0/s1. The summed E-state index contributed by atoms with van der Waals surface area (Å²) in [5.41, 5.74) is -0.145. The number of ketones is 1. The Bertz CT molecular complexity index is 1550. The molecule has 3 aromatic rings. The third kappa shape index (κ3) is 5.74. The average Bonchev–Trinajstić information content (AvgIpc) is 2.96. The molecular weight excluding hydrogens is 576 g/mol. The van der Waals surface area contributed by atoms with Crippen LogP contribution in [-0.4, -0.2) is 95.0 Å². The van der Waals surface area contributed by atoms with Gasteiger partial charge in [0.15, 0.2) is 34.5 Å². The molecule has 2 aliphatic heterocycles.